The van der Waals surface area contributed by atoms with Crippen LogP contribution < -0.4 is 4.74 Å². The summed E-state index contributed by atoms with van der Waals surface area (Å²) < 4.78 is 48.0. The molecule has 1 unspecified atom stereocenters. The largest absolute Gasteiger partial charge is 0.472 e. The van der Waals surface area contributed by atoms with Gasteiger partial charge in [-0.05, 0) is 12.1 Å². The van der Waals surface area contributed by atoms with Gasteiger partial charge in [0.2, 0.25) is 11.7 Å². The van der Waals surface area contributed by atoms with Gasteiger partial charge in [0, 0.05) is 22.3 Å². The molecule has 10 nitrogen and oxygen atoms in total. The Kier molecular flexibility index (Phi) is 5.56. The molecular formula is C20H18O10S. The molecule has 0 radical (unpaired) electrons. The van der Waals surface area contributed by atoms with E-state index < -0.39 is 40.2 Å². The highest BCUT2D eigenvalue weighted by Crippen LogP contribution is 2.40. The summed E-state index contributed by atoms with van der Waals surface area (Å²) in [4.78, 5) is 12.9. The Morgan fingerprint density at radius 3 is 2.35 bits per heavy atom. The van der Waals surface area contributed by atoms with E-state index in [0.717, 1.165) is 0 Å². The predicted molar refractivity (Wildman–Crippen MR) is 104 cm³/mol. The Bertz CT molecular complexity index is 1160. The van der Waals surface area contributed by atoms with Crippen LogP contribution in [0.4, 0.5) is 0 Å². The van der Waals surface area contributed by atoms with Crippen LogP contribution in [-0.4, -0.2) is 64.1 Å². The quantitative estimate of drug-likeness (QED) is 0.320. The molecule has 4 N–H and O–H groups in total. The Balaban J connectivity index is 1.70. The molecule has 31 heavy (non-hydrogen) atoms. The number of benzene rings is 1. The van der Waals surface area contributed by atoms with Crippen LogP contribution in [0.3, 0.4) is 0 Å². The molecule has 5 atom stereocenters. The minimum atomic E-state index is -4.94. The van der Waals surface area contributed by atoms with Crippen molar-refractivity contribution in [1.29, 1.82) is 0 Å². The van der Waals surface area contributed by atoms with Gasteiger partial charge in [0.25, 0.3) is 10.1 Å². The molecule has 2 aliphatic heterocycles. The van der Waals surface area contributed by atoms with Crippen LogP contribution in [0.5, 0.6) is 5.75 Å². The molecule has 1 saturated heterocycles. The number of hydrogen-bond acceptors (Lipinski definition) is 9. The van der Waals surface area contributed by atoms with E-state index in [1.165, 1.54) is 24.7 Å². The fourth-order valence-electron chi connectivity index (χ4n) is 3.39. The third-order valence-corrected chi connectivity index (χ3v) is 5.94. The molecule has 0 bridgehead atoms. The number of aliphatic hydroxyl groups is 3. The highest BCUT2D eigenvalue weighted by molar-refractivity contribution is 7.86. The average molecular weight is 450 g/mol. The van der Waals surface area contributed by atoms with Crippen LogP contribution in [0.1, 0.15) is 15.9 Å². The number of rotatable bonds is 5. The highest BCUT2D eigenvalue weighted by atomic mass is 32.2. The lowest BCUT2D eigenvalue weighted by molar-refractivity contribution is -0.254. The molecule has 0 amide bonds. The molecule has 164 valence electrons. The average Bonchev–Trinajstić information content (AvgIpc) is 3.12. The zero-order chi connectivity index (χ0) is 22.3. The number of hydrogen-bond donors (Lipinski definition) is 4. The zero-order valence-corrected chi connectivity index (χ0v) is 16.5. The maximum Gasteiger partial charge on any atom is 0.295 e. The van der Waals surface area contributed by atoms with E-state index in [-0.39, 0.29) is 17.1 Å². The van der Waals surface area contributed by atoms with Crippen molar-refractivity contribution in [3.05, 3.63) is 66.1 Å². The van der Waals surface area contributed by atoms with Gasteiger partial charge in [0.1, 0.15) is 24.1 Å². The Morgan fingerprint density at radius 1 is 0.968 bits per heavy atom. The summed E-state index contributed by atoms with van der Waals surface area (Å²) in [6.45, 7) is 0. The highest BCUT2D eigenvalue weighted by Gasteiger charge is 2.50. The van der Waals surface area contributed by atoms with Crippen LogP contribution in [0.2, 0.25) is 0 Å². The van der Waals surface area contributed by atoms with E-state index in [9.17, 15) is 33.1 Å². The van der Waals surface area contributed by atoms with E-state index >= 15 is 0 Å². The first-order valence-corrected chi connectivity index (χ1v) is 10.6. The van der Waals surface area contributed by atoms with Gasteiger partial charge in [-0.15, -0.1) is 0 Å². The molecule has 1 aromatic rings. The third-order valence-electron chi connectivity index (χ3n) is 4.96. The number of aliphatic hydroxyl groups excluding tert-OH is 3. The van der Waals surface area contributed by atoms with Crippen LogP contribution in [0.25, 0.3) is 11.1 Å². The van der Waals surface area contributed by atoms with Crippen molar-refractivity contribution in [1.82, 2.24) is 0 Å². The van der Waals surface area contributed by atoms with E-state index in [0.29, 0.717) is 16.7 Å². The third kappa shape index (κ3) is 3.94. The van der Waals surface area contributed by atoms with Crippen LogP contribution in [-0.2, 0) is 14.9 Å². The summed E-state index contributed by atoms with van der Waals surface area (Å²) in [5.74, 6) is -0.301. The van der Waals surface area contributed by atoms with Gasteiger partial charge in [-0.3, -0.25) is 9.35 Å². The van der Waals surface area contributed by atoms with Gasteiger partial charge >= 0.3 is 0 Å². The number of ether oxygens (including phenoxy) is 2. The van der Waals surface area contributed by atoms with E-state index in [4.69, 9.17) is 13.9 Å². The van der Waals surface area contributed by atoms with Crippen molar-refractivity contribution < 1.29 is 47.0 Å². The lowest BCUT2D eigenvalue weighted by Gasteiger charge is -2.38. The van der Waals surface area contributed by atoms with Crippen LogP contribution in [0, 0.1) is 0 Å². The van der Waals surface area contributed by atoms with E-state index in [1.54, 1.807) is 30.3 Å². The molecule has 0 aromatic heterocycles. The van der Waals surface area contributed by atoms with Crippen molar-refractivity contribution in [2.75, 3.05) is 0 Å². The summed E-state index contributed by atoms with van der Waals surface area (Å²) in [5.41, 5.74) is -0.826. The normalized spacial score (nSPS) is 26.6. The molecule has 1 aliphatic carbocycles. The monoisotopic (exact) mass is 450 g/mol. The molecule has 0 saturated carbocycles. The number of ketones is 1. The van der Waals surface area contributed by atoms with Crippen LogP contribution >= 0.6 is 0 Å². The maximum absolute atomic E-state index is 12.9. The molecule has 0 spiro atoms. The predicted octanol–water partition coefficient (Wildman–Crippen LogP) is 0.647. The molecule has 3 aliphatic rings. The van der Waals surface area contributed by atoms with Gasteiger partial charge in [-0.2, -0.15) is 8.42 Å². The fraction of sp³-hybridized carbons (Fsp3) is 0.250. The summed E-state index contributed by atoms with van der Waals surface area (Å²) in [7, 11) is -4.94. The molecule has 2 heterocycles. The first-order chi connectivity index (χ1) is 14.7. The maximum atomic E-state index is 12.9. The van der Waals surface area contributed by atoms with Crippen molar-refractivity contribution in [2.45, 2.75) is 30.0 Å². The van der Waals surface area contributed by atoms with Gasteiger partial charge in [-0.25, -0.2) is 0 Å². The van der Waals surface area contributed by atoms with E-state index in [2.05, 4.69) is 0 Å². The Labute approximate surface area is 176 Å². The lowest BCUT2D eigenvalue weighted by Crippen LogP contribution is -2.61. The summed E-state index contributed by atoms with van der Waals surface area (Å²) in [5, 5.41) is 30.0. The molecule has 11 heteroatoms. The molecule has 1 aromatic carbocycles. The minimum Gasteiger partial charge on any atom is -0.472 e. The number of carbonyl (C=O) groups excluding carboxylic acids is 1. The summed E-state index contributed by atoms with van der Waals surface area (Å²) in [6.07, 6.45) is -5.05. The van der Waals surface area contributed by atoms with Gasteiger partial charge in [0.05, 0.1) is 12.5 Å². The first kappa shape index (κ1) is 21.4. The first-order valence-electron chi connectivity index (χ1n) is 9.10. The number of fused-ring (bicyclic) bond motifs is 1. The summed E-state index contributed by atoms with van der Waals surface area (Å²) >= 11 is 0. The smallest absolute Gasteiger partial charge is 0.295 e. The second-order valence-corrected chi connectivity index (χ2v) is 8.47. The van der Waals surface area contributed by atoms with Crippen molar-refractivity contribution in [2.24, 2.45) is 0 Å². The van der Waals surface area contributed by atoms with Crippen molar-refractivity contribution in [3.8, 4) is 16.9 Å². The second-order valence-electron chi connectivity index (χ2n) is 6.98. The van der Waals surface area contributed by atoms with Gasteiger partial charge < -0.3 is 29.2 Å². The van der Waals surface area contributed by atoms with Gasteiger partial charge in [-0.1, -0.05) is 30.3 Å². The minimum absolute atomic E-state index is 0.0341. The van der Waals surface area contributed by atoms with Crippen molar-refractivity contribution >= 4 is 15.9 Å². The number of carbonyl (C=O) groups is 1. The SMILES string of the molecule is O=C(c1ccccc1)c1cc(O[C@H]2OC(S(=O)(=O)O)[C@H](O)[C@@H](O)[C@@H]2O)c2ccocc1-2. The molecule has 4 rings (SSSR count). The van der Waals surface area contributed by atoms with Crippen LogP contribution in [0.15, 0.2) is 59.4 Å². The lowest BCUT2D eigenvalue weighted by atomic mass is 10.0. The zero-order valence-electron chi connectivity index (χ0n) is 15.7. The van der Waals surface area contributed by atoms with Crippen molar-refractivity contribution in [3.63, 3.8) is 0 Å². The fourth-order valence-corrected chi connectivity index (χ4v) is 4.16. The molecule has 1 fully saturated rings. The van der Waals surface area contributed by atoms with E-state index in [1.807, 2.05) is 0 Å². The van der Waals surface area contributed by atoms with Gasteiger partial charge in [0.15, 0.2) is 5.78 Å². The topological polar surface area (TPSA) is 164 Å². The second kappa shape index (κ2) is 8.04. The Morgan fingerprint density at radius 2 is 1.68 bits per heavy atom. The Hall–Kier alpha value is -2.80. The summed E-state index contributed by atoms with van der Waals surface area (Å²) in [6, 6.07) is 11.3. The standard InChI is InChI=1S/C20H18O10S/c21-15(10-4-2-1-3-5-10)12-8-14(11-6-7-28-9-13(11)12)29-19-17(23)16(22)18(24)20(30-19)31(25,26)27/h1-9,16-20,22-24H,(H,25,26,27)/t16-,17-,18+,19-,20?/m0/s1. The molecular weight excluding hydrogens is 432 g/mol.